The minimum atomic E-state index is -1.29. The molecule has 1 fully saturated rings. The molecule has 0 radical (unpaired) electrons. The largest absolute Gasteiger partial charge is 0.481 e. The van der Waals surface area contributed by atoms with E-state index in [1.807, 2.05) is 55.5 Å². The lowest BCUT2D eigenvalue weighted by Crippen LogP contribution is -2.46. The highest BCUT2D eigenvalue weighted by Gasteiger charge is 2.76. The number of imidazole rings is 1. The van der Waals surface area contributed by atoms with Crippen molar-refractivity contribution in [3.05, 3.63) is 78.5 Å². The number of nitrogens with zero attached hydrogens (tertiary/aromatic N) is 4. The van der Waals surface area contributed by atoms with E-state index in [4.69, 9.17) is 9.47 Å². The van der Waals surface area contributed by atoms with Crippen LogP contribution in [0, 0.1) is 11.3 Å². The van der Waals surface area contributed by atoms with Gasteiger partial charge in [-0.25, -0.2) is 24.5 Å². The van der Waals surface area contributed by atoms with Crippen molar-refractivity contribution in [3.8, 4) is 5.82 Å². The molecule has 1 aromatic carbocycles. The van der Waals surface area contributed by atoms with Crippen LogP contribution < -0.4 is 0 Å². The third kappa shape index (κ3) is 7.43. The molecule has 0 aliphatic heterocycles. The summed E-state index contributed by atoms with van der Waals surface area (Å²) in [6.45, 7) is 14.6. The smallest absolute Gasteiger partial charge is 0.419 e. The number of pyridine rings is 1. The maximum absolute atomic E-state index is 13.4. The molecule has 4 rings (SSSR count). The maximum atomic E-state index is 13.4. The lowest BCUT2D eigenvalue weighted by atomic mass is 9.71. The van der Waals surface area contributed by atoms with Crippen molar-refractivity contribution < 1.29 is 29.0 Å². The van der Waals surface area contributed by atoms with Crippen molar-refractivity contribution in [3.63, 3.8) is 0 Å². The molecule has 0 spiro atoms. The van der Waals surface area contributed by atoms with Crippen LogP contribution in [0.25, 0.3) is 5.82 Å². The summed E-state index contributed by atoms with van der Waals surface area (Å²) < 4.78 is 13.0. The van der Waals surface area contributed by atoms with Crippen molar-refractivity contribution >= 4 is 18.2 Å². The van der Waals surface area contributed by atoms with E-state index < -0.39 is 40.2 Å². The highest BCUT2D eigenvalue weighted by molar-refractivity contribution is 5.88. The van der Waals surface area contributed by atoms with E-state index in [1.165, 1.54) is 0 Å². The molecule has 0 saturated heterocycles. The van der Waals surface area contributed by atoms with Gasteiger partial charge in [0, 0.05) is 24.4 Å². The number of carboxylic acid groups (broad SMARTS) is 1. The number of amides is 2. The van der Waals surface area contributed by atoms with E-state index in [2.05, 4.69) is 16.9 Å². The van der Waals surface area contributed by atoms with Gasteiger partial charge in [-0.2, -0.15) is 0 Å². The Balaban J connectivity index is 1.77. The zero-order chi connectivity index (χ0) is 33.9. The lowest BCUT2D eigenvalue weighted by Gasteiger charge is -2.35. The SMILES string of the molecule is CCC[C@@H](CN(C(=O)OC(C)(C)C)C(=O)OC(C)(C)C)C[C@]1([C@H](C)c2ccccc2)C[C@@]1(C(=O)O)c1cn(-c2ccccn2)cn1. The minimum Gasteiger partial charge on any atom is -0.481 e. The Morgan fingerprint density at radius 2 is 1.57 bits per heavy atom. The number of carboxylic acids is 1. The van der Waals surface area contributed by atoms with Crippen molar-refractivity contribution in [2.45, 2.75) is 104 Å². The number of ether oxygens (including phenoxy) is 2. The van der Waals surface area contributed by atoms with Gasteiger partial charge in [-0.15, -0.1) is 0 Å². The summed E-state index contributed by atoms with van der Waals surface area (Å²) in [5.74, 6) is -0.734. The van der Waals surface area contributed by atoms with Gasteiger partial charge in [0.15, 0.2) is 0 Å². The first-order valence-corrected chi connectivity index (χ1v) is 16.0. The molecule has 248 valence electrons. The first kappa shape index (κ1) is 34.7. The minimum absolute atomic E-state index is 0.0268. The van der Waals surface area contributed by atoms with Gasteiger partial charge in [0.1, 0.15) is 28.8 Å². The van der Waals surface area contributed by atoms with Gasteiger partial charge in [0.05, 0.1) is 5.69 Å². The number of aromatic nitrogens is 3. The summed E-state index contributed by atoms with van der Waals surface area (Å²) in [4.78, 5) is 50.4. The predicted octanol–water partition coefficient (Wildman–Crippen LogP) is 7.76. The zero-order valence-corrected chi connectivity index (χ0v) is 28.3. The zero-order valence-electron chi connectivity index (χ0n) is 28.3. The number of carbonyl (C=O) groups is 3. The third-order valence-electron chi connectivity index (χ3n) is 8.75. The van der Waals surface area contributed by atoms with Crippen LogP contribution in [0.2, 0.25) is 0 Å². The Hall–Kier alpha value is -4.21. The summed E-state index contributed by atoms with van der Waals surface area (Å²) in [6, 6.07) is 15.4. The Kier molecular flexibility index (Phi) is 9.99. The van der Waals surface area contributed by atoms with Gasteiger partial charge in [-0.05, 0) is 90.3 Å². The number of aliphatic carboxylic acids is 1. The molecule has 1 saturated carbocycles. The summed E-state index contributed by atoms with van der Waals surface area (Å²) >= 11 is 0. The molecule has 1 aliphatic rings. The number of hydrogen-bond donors (Lipinski definition) is 1. The van der Waals surface area contributed by atoms with E-state index in [-0.39, 0.29) is 18.4 Å². The first-order valence-electron chi connectivity index (χ1n) is 16.0. The second kappa shape index (κ2) is 13.3. The molecule has 1 aliphatic carbocycles. The van der Waals surface area contributed by atoms with Crippen LogP contribution in [-0.2, 0) is 19.7 Å². The molecule has 46 heavy (non-hydrogen) atoms. The molecular weight excluding hydrogens is 584 g/mol. The van der Waals surface area contributed by atoms with Gasteiger partial charge in [0.2, 0.25) is 0 Å². The van der Waals surface area contributed by atoms with Crippen LogP contribution in [0.3, 0.4) is 0 Å². The second-order valence-electron chi connectivity index (χ2n) is 14.5. The lowest BCUT2D eigenvalue weighted by molar-refractivity contribution is -0.141. The van der Waals surface area contributed by atoms with E-state index in [1.54, 1.807) is 64.8 Å². The quantitative estimate of drug-likeness (QED) is 0.227. The molecule has 4 atom stereocenters. The number of carbonyl (C=O) groups excluding carboxylic acids is 2. The Morgan fingerprint density at radius 1 is 0.957 bits per heavy atom. The summed E-state index contributed by atoms with van der Waals surface area (Å²) in [6.07, 6.45) is 5.68. The number of hydrogen-bond acceptors (Lipinski definition) is 7. The molecule has 2 amide bonds. The van der Waals surface area contributed by atoms with Crippen LogP contribution in [-0.4, -0.2) is 60.4 Å². The fourth-order valence-electron chi connectivity index (χ4n) is 6.65. The summed E-state index contributed by atoms with van der Waals surface area (Å²) in [5.41, 5.74) is -2.25. The molecule has 2 aromatic heterocycles. The van der Waals surface area contributed by atoms with Crippen molar-refractivity contribution in [2.75, 3.05) is 6.54 Å². The molecule has 10 nitrogen and oxygen atoms in total. The molecule has 0 unspecified atom stereocenters. The van der Waals surface area contributed by atoms with E-state index >= 15 is 0 Å². The fraction of sp³-hybridized carbons (Fsp3) is 0.528. The van der Waals surface area contributed by atoms with E-state index in [0.29, 0.717) is 30.8 Å². The van der Waals surface area contributed by atoms with Gasteiger partial charge in [-0.1, -0.05) is 56.7 Å². The molecule has 2 heterocycles. The van der Waals surface area contributed by atoms with Crippen LogP contribution in [0.5, 0.6) is 0 Å². The van der Waals surface area contributed by atoms with Crippen molar-refractivity contribution in [1.29, 1.82) is 0 Å². The predicted molar refractivity (Wildman–Crippen MR) is 175 cm³/mol. The van der Waals surface area contributed by atoms with Gasteiger partial charge >= 0.3 is 18.2 Å². The van der Waals surface area contributed by atoms with E-state index in [0.717, 1.165) is 16.9 Å². The molecular formula is C36H48N4O6. The van der Waals surface area contributed by atoms with Crippen molar-refractivity contribution in [1.82, 2.24) is 19.4 Å². The Morgan fingerprint density at radius 3 is 2.09 bits per heavy atom. The molecule has 10 heteroatoms. The Labute approximate surface area is 272 Å². The number of rotatable bonds is 11. The normalized spacial score (nSPS) is 20.8. The van der Waals surface area contributed by atoms with Crippen LogP contribution in [0.1, 0.15) is 98.2 Å². The van der Waals surface area contributed by atoms with Crippen LogP contribution in [0.4, 0.5) is 9.59 Å². The Bertz CT molecular complexity index is 1480. The number of imide groups is 1. The third-order valence-corrected chi connectivity index (χ3v) is 8.75. The molecule has 1 N–H and O–H groups in total. The summed E-state index contributed by atoms with van der Waals surface area (Å²) in [5, 5.41) is 11.0. The van der Waals surface area contributed by atoms with Gasteiger partial charge in [0.25, 0.3) is 0 Å². The average molecular weight is 633 g/mol. The van der Waals surface area contributed by atoms with Crippen molar-refractivity contribution in [2.24, 2.45) is 11.3 Å². The highest BCUT2D eigenvalue weighted by atomic mass is 16.6. The fourth-order valence-corrected chi connectivity index (χ4v) is 6.65. The molecule has 3 aromatic rings. The number of benzene rings is 1. The van der Waals surface area contributed by atoms with E-state index in [9.17, 15) is 19.5 Å². The standard InChI is InChI=1S/C36H48N4O6/c1-9-15-26(21-40(31(43)45-33(3,4)5)32(44)46-34(6,7)8)20-35(25(2)27-16-11-10-12-17-27)23-36(35,30(41)42)28-22-39(24-38-28)29-18-13-14-19-37-29/h10-14,16-19,22,24-26H,9,15,20-21,23H2,1-8H3,(H,41,42)/t25-,26-,35-,36+/m1/s1. The first-order chi connectivity index (χ1) is 21.5. The monoisotopic (exact) mass is 632 g/mol. The highest BCUT2D eigenvalue weighted by Crippen LogP contribution is 2.73. The van der Waals surface area contributed by atoms with Gasteiger partial charge < -0.3 is 14.6 Å². The topological polar surface area (TPSA) is 124 Å². The van der Waals surface area contributed by atoms with Gasteiger partial charge in [-0.3, -0.25) is 9.36 Å². The maximum Gasteiger partial charge on any atom is 0.419 e. The molecule has 0 bridgehead atoms. The van der Waals surface area contributed by atoms with Crippen LogP contribution >= 0.6 is 0 Å². The summed E-state index contributed by atoms with van der Waals surface area (Å²) in [7, 11) is 0. The average Bonchev–Trinajstić information content (AvgIpc) is 3.40. The second-order valence-corrected chi connectivity index (χ2v) is 14.5. The van der Waals surface area contributed by atoms with Crippen LogP contribution in [0.15, 0.2) is 67.3 Å².